The Morgan fingerprint density at radius 2 is 2.32 bits per heavy atom. The number of carbonyl (C=O) groups excluding carboxylic acids is 1. The first-order chi connectivity index (χ1) is 9.13. The molecule has 1 N–H and O–H groups in total. The van der Waals surface area contributed by atoms with Gasteiger partial charge in [0.2, 0.25) is 5.91 Å². The average molecular weight is 342 g/mol. The van der Waals surface area contributed by atoms with Crippen LogP contribution in [-0.4, -0.2) is 17.4 Å². The number of aryl methyl sites for hydroxylation is 1. The van der Waals surface area contributed by atoms with E-state index in [9.17, 15) is 4.79 Å². The molecule has 2 rings (SSSR count). The summed E-state index contributed by atoms with van der Waals surface area (Å²) >= 11 is 5.17. The van der Waals surface area contributed by atoms with E-state index in [1.165, 1.54) is 0 Å². The van der Waals surface area contributed by atoms with E-state index in [0.717, 1.165) is 40.2 Å². The third kappa shape index (κ3) is 3.34. The van der Waals surface area contributed by atoms with Crippen LogP contribution in [0.5, 0.6) is 0 Å². The Labute approximate surface area is 125 Å². The van der Waals surface area contributed by atoms with Crippen LogP contribution in [0.2, 0.25) is 0 Å². The third-order valence-electron chi connectivity index (χ3n) is 3.51. The van der Waals surface area contributed by atoms with Gasteiger partial charge in [0.25, 0.3) is 0 Å². The predicted molar refractivity (Wildman–Crippen MR) is 77.9 cm³/mol. The zero-order chi connectivity index (χ0) is 13.8. The topological polar surface area (TPSA) is 65.8 Å². The summed E-state index contributed by atoms with van der Waals surface area (Å²) in [5, 5.41) is 12.3. The number of rotatable bonds is 3. The van der Waals surface area contributed by atoms with Crippen LogP contribution in [0.3, 0.4) is 0 Å². The number of amides is 1. The number of hydrogen-bond donors (Lipinski definition) is 1. The fourth-order valence-corrected chi connectivity index (χ4v) is 4.47. The van der Waals surface area contributed by atoms with Gasteiger partial charge in [-0.25, -0.2) is 4.98 Å². The lowest BCUT2D eigenvalue weighted by Crippen LogP contribution is -2.36. The number of aromatic nitrogens is 1. The van der Waals surface area contributed by atoms with Crippen LogP contribution < -0.4 is 5.32 Å². The lowest BCUT2D eigenvalue weighted by Gasteiger charge is -2.29. The molecule has 1 heterocycles. The van der Waals surface area contributed by atoms with Crippen molar-refractivity contribution in [3.63, 3.8) is 0 Å². The zero-order valence-electron chi connectivity index (χ0n) is 10.8. The Hall–Kier alpha value is -0.930. The minimum Gasteiger partial charge on any atom is -0.343 e. The van der Waals surface area contributed by atoms with Gasteiger partial charge in [0, 0.05) is 11.8 Å². The molecular weight excluding hydrogens is 326 g/mol. The van der Waals surface area contributed by atoms with Crippen molar-refractivity contribution in [1.82, 2.24) is 10.3 Å². The molecule has 19 heavy (non-hydrogen) atoms. The summed E-state index contributed by atoms with van der Waals surface area (Å²) in [7, 11) is 0. The molecule has 1 amide bonds. The van der Waals surface area contributed by atoms with Crippen LogP contribution in [0.1, 0.15) is 42.3 Å². The van der Waals surface area contributed by atoms with Crippen LogP contribution in [0, 0.1) is 24.2 Å². The molecular formula is C13H16BrN3OS. The lowest BCUT2D eigenvalue weighted by atomic mass is 9.77. The summed E-state index contributed by atoms with van der Waals surface area (Å²) in [6, 6.07) is 1.95. The maximum Gasteiger partial charge on any atom is 0.224 e. The zero-order valence-corrected chi connectivity index (χ0v) is 13.2. The van der Waals surface area contributed by atoms with Crippen molar-refractivity contribution in [2.24, 2.45) is 5.92 Å². The minimum absolute atomic E-state index is 0.0104. The van der Waals surface area contributed by atoms with Crippen LogP contribution >= 0.6 is 27.3 Å². The molecule has 0 unspecified atom stereocenters. The summed E-state index contributed by atoms with van der Waals surface area (Å²) < 4.78 is 1.04. The summed E-state index contributed by atoms with van der Waals surface area (Å²) in [5.74, 6) is 0.107. The second-order valence-electron chi connectivity index (χ2n) is 4.77. The van der Waals surface area contributed by atoms with E-state index in [-0.39, 0.29) is 24.3 Å². The predicted octanol–water partition coefficient (Wildman–Crippen LogP) is 3.13. The quantitative estimate of drug-likeness (QED) is 0.859. The molecule has 1 aliphatic rings. The first-order valence-electron chi connectivity index (χ1n) is 6.41. The van der Waals surface area contributed by atoms with Gasteiger partial charge in [-0.3, -0.25) is 4.79 Å². The molecule has 4 nitrogen and oxygen atoms in total. The van der Waals surface area contributed by atoms with Crippen molar-refractivity contribution in [3.8, 4) is 6.07 Å². The van der Waals surface area contributed by atoms with Crippen LogP contribution in [-0.2, 0) is 4.79 Å². The van der Waals surface area contributed by atoms with Gasteiger partial charge in [-0.1, -0.05) is 12.8 Å². The first-order valence-corrected chi connectivity index (χ1v) is 8.02. The third-order valence-corrected chi connectivity index (χ3v) is 5.18. The molecule has 1 aliphatic carbocycles. The Kier molecular flexibility index (Phi) is 4.94. The van der Waals surface area contributed by atoms with E-state index in [1.54, 1.807) is 11.3 Å². The van der Waals surface area contributed by atoms with Gasteiger partial charge in [0.1, 0.15) is 6.54 Å². The molecule has 0 aliphatic heterocycles. The molecule has 1 aromatic rings. The SMILES string of the molecule is Cc1nc([C@@H]2CCCC[C@@H]2C(=O)NCC#N)c(Br)s1. The fraction of sp³-hybridized carbons (Fsp3) is 0.615. The molecule has 1 fully saturated rings. The summed E-state index contributed by atoms with van der Waals surface area (Å²) in [5.41, 5.74) is 1.01. The van der Waals surface area contributed by atoms with Gasteiger partial charge in [0.05, 0.1) is 20.6 Å². The molecule has 0 saturated heterocycles. The number of thiazole rings is 1. The van der Waals surface area contributed by atoms with E-state index in [1.807, 2.05) is 13.0 Å². The molecule has 0 bridgehead atoms. The number of nitrogens with one attached hydrogen (secondary N) is 1. The number of hydrogen-bond acceptors (Lipinski definition) is 4. The minimum atomic E-state index is -0.0556. The van der Waals surface area contributed by atoms with Crippen molar-refractivity contribution >= 4 is 33.2 Å². The van der Waals surface area contributed by atoms with Crippen molar-refractivity contribution in [2.45, 2.75) is 38.5 Å². The van der Waals surface area contributed by atoms with Gasteiger partial charge in [-0.2, -0.15) is 5.26 Å². The van der Waals surface area contributed by atoms with Crippen LogP contribution in [0.25, 0.3) is 0 Å². The van der Waals surface area contributed by atoms with E-state index in [0.29, 0.717) is 0 Å². The molecule has 102 valence electrons. The Bertz CT molecular complexity index is 508. The summed E-state index contributed by atoms with van der Waals surface area (Å²) in [4.78, 5) is 16.7. The van der Waals surface area contributed by atoms with Gasteiger partial charge in [0.15, 0.2) is 0 Å². The number of halogens is 1. The van der Waals surface area contributed by atoms with Gasteiger partial charge in [-0.15, -0.1) is 11.3 Å². The molecule has 0 aromatic carbocycles. The van der Waals surface area contributed by atoms with E-state index in [2.05, 4.69) is 26.2 Å². The summed E-state index contributed by atoms with van der Waals surface area (Å²) in [6.45, 7) is 2.06. The van der Waals surface area contributed by atoms with Gasteiger partial charge < -0.3 is 5.32 Å². The second-order valence-corrected chi connectivity index (χ2v) is 7.29. The van der Waals surface area contributed by atoms with E-state index in [4.69, 9.17) is 5.26 Å². The second kappa shape index (κ2) is 6.49. The lowest BCUT2D eigenvalue weighted by molar-refractivity contribution is -0.126. The standard InChI is InChI=1S/C13H16BrN3OS/c1-8-17-11(12(14)19-8)9-4-2-3-5-10(9)13(18)16-7-6-15/h9-10H,2-5,7H2,1H3,(H,16,18)/t9-,10+/m1/s1. The molecule has 0 spiro atoms. The first kappa shape index (κ1) is 14.5. The van der Waals surface area contributed by atoms with Crippen molar-refractivity contribution in [2.75, 3.05) is 6.54 Å². The highest BCUT2D eigenvalue weighted by molar-refractivity contribution is 9.11. The van der Waals surface area contributed by atoms with Gasteiger partial charge in [-0.05, 0) is 35.7 Å². The Balaban J connectivity index is 2.19. The number of nitrogens with zero attached hydrogens (tertiary/aromatic N) is 2. The van der Waals surface area contributed by atoms with Crippen LogP contribution in [0.4, 0.5) is 0 Å². The van der Waals surface area contributed by atoms with Crippen LogP contribution in [0.15, 0.2) is 3.79 Å². The fourth-order valence-electron chi connectivity index (χ4n) is 2.68. The highest BCUT2D eigenvalue weighted by Crippen LogP contribution is 2.41. The molecule has 6 heteroatoms. The maximum absolute atomic E-state index is 12.2. The van der Waals surface area contributed by atoms with E-state index >= 15 is 0 Å². The van der Waals surface area contributed by atoms with Gasteiger partial charge >= 0.3 is 0 Å². The number of nitriles is 1. The maximum atomic E-state index is 12.2. The summed E-state index contributed by atoms with van der Waals surface area (Å²) in [6.07, 6.45) is 4.08. The molecule has 2 atom stereocenters. The van der Waals surface area contributed by atoms with Crippen molar-refractivity contribution in [1.29, 1.82) is 5.26 Å². The monoisotopic (exact) mass is 341 g/mol. The smallest absolute Gasteiger partial charge is 0.224 e. The molecule has 1 aromatic heterocycles. The molecule has 0 radical (unpaired) electrons. The highest BCUT2D eigenvalue weighted by Gasteiger charge is 2.34. The van der Waals surface area contributed by atoms with Crippen molar-refractivity contribution < 1.29 is 4.79 Å². The molecule has 1 saturated carbocycles. The average Bonchev–Trinajstić information content (AvgIpc) is 2.75. The van der Waals surface area contributed by atoms with E-state index < -0.39 is 0 Å². The normalized spacial score (nSPS) is 22.8. The Morgan fingerprint density at radius 1 is 1.58 bits per heavy atom. The highest BCUT2D eigenvalue weighted by atomic mass is 79.9. The number of carbonyl (C=O) groups is 1. The van der Waals surface area contributed by atoms with Crippen molar-refractivity contribution in [3.05, 3.63) is 14.5 Å². The largest absolute Gasteiger partial charge is 0.343 e. The Morgan fingerprint density at radius 3 is 2.95 bits per heavy atom.